The number of benzene rings is 1. The molecule has 2 aromatic rings. The largest absolute Gasteiger partial charge is 0.436 e. The van der Waals surface area contributed by atoms with Gasteiger partial charge in [-0.1, -0.05) is 6.07 Å². The first-order valence-electron chi connectivity index (χ1n) is 10.2. The normalized spacial score (nSPS) is 16.3. The number of nitrogens with one attached hydrogen (secondary N) is 1. The first-order chi connectivity index (χ1) is 14.6. The summed E-state index contributed by atoms with van der Waals surface area (Å²) in [5.41, 5.74) is 2.04. The molecule has 2 amide bonds. The van der Waals surface area contributed by atoms with Gasteiger partial charge >= 0.3 is 0 Å². The third-order valence-electron chi connectivity index (χ3n) is 5.27. The molecule has 1 N–H and O–H groups in total. The van der Waals surface area contributed by atoms with Gasteiger partial charge in [-0.3, -0.25) is 14.5 Å². The fraction of sp³-hybridized carbons (Fsp3) is 0.409. The van der Waals surface area contributed by atoms with Crippen LogP contribution >= 0.6 is 0 Å². The Morgan fingerprint density at radius 2 is 2.03 bits per heavy atom. The smallest absolute Gasteiger partial charge is 0.263 e. The Labute approximate surface area is 175 Å². The highest BCUT2D eigenvalue weighted by atomic mass is 16.5. The fourth-order valence-corrected chi connectivity index (χ4v) is 3.62. The summed E-state index contributed by atoms with van der Waals surface area (Å²) in [7, 11) is 0. The molecule has 1 aromatic heterocycles. The van der Waals surface area contributed by atoms with Crippen LogP contribution in [0.5, 0.6) is 11.6 Å². The molecule has 0 atom stereocenters. The van der Waals surface area contributed by atoms with Crippen LogP contribution in [0.25, 0.3) is 0 Å². The van der Waals surface area contributed by atoms with Crippen LogP contribution in [0.4, 0.5) is 5.69 Å². The summed E-state index contributed by atoms with van der Waals surface area (Å²) in [6, 6.07) is 9.05. The zero-order valence-electron chi connectivity index (χ0n) is 17.1. The minimum atomic E-state index is -0.219. The van der Waals surface area contributed by atoms with Crippen molar-refractivity contribution in [1.82, 2.24) is 15.2 Å². The van der Waals surface area contributed by atoms with Crippen LogP contribution in [-0.2, 0) is 9.53 Å². The zero-order chi connectivity index (χ0) is 20.9. The van der Waals surface area contributed by atoms with Crippen molar-refractivity contribution in [2.75, 3.05) is 50.8 Å². The standard InChI is InChI=1S/C22H26N4O4/c1-16-4-5-19-18(15-16)26(22(28)17-3-2-7-24-21(17)30-19)9-6-20(27)23-8-10-25-11-13-29-14-12-25/h2-5,7,15H,6,8-14H2,1H3,(H,23,27). The van der Waals surface area contributed by atoms with Crippen molar-refractivity contribution in [2.45, 2.75) is 13.3 Å². The first kappa shape index (κ1) is 20.3. The van der Waals surface area contributed by atoms with Gasteiger partial charge in [0.25, 0.3) is 5.91 Å². The SMILES string of the molecule is Cc1ccc2c(c1)N(CCC(=O)NCCN1CCOCC1)C(=O)c1cccnc1O2. The van der Waals surface area contributed by atoms with E-state index in [4.69, 9.17) is 9.47 Å². The van der Waals surface area contributed by atoms with Crippen molar-refractivity contribution in [2.24, 2.45) is 0 Å². The third-order valence-corrected chi connectivity index (χ3v) is 5.27. The van der Waals surface area contributed by atoms with Crippen LogP contribution in [0.2, 0.25) is 0 Å². The minimum absolute atomic E-state index is 0.0816. The maximum Gasteiger partial charge on any atom is 0.263 e. The molecule has 8 nitrogen and oxygen atoms in total. The number of hydrogen-bond donors (Lipinski definition) is 1. The Kier molecular flexibility index (Phi) is 6.25. The molecule has 0 unspecified atom stereocenters. The molecule has 1 aromatic carbocycles. The zero-order valence-corrected chi connectivity index (χ0v) is 17.1. The van der Waals surface area contributed by atoms with E-state index < -0.39 is 0 Å². The number of anilines is 1. The second kappa shape index (κ2) is 9.23. The van der Waals surface area contributed by atoms with Crippen molar-refractivity contribution in [3.63, 3.8) is 0 Å². The molecule has 0 spiro atoms. The van der Waals surface area contributed by atoms with Crippen molar-refractivity contribution in [3.05, 3.63) is 47.7 Å². The Bertz CT molecular complexity index is 927. The lowest BCUT2D eigenvalue weighted by Gasteiger charge is -2.26. The number of amides is 2. The predicted octanol–water partition coefficient (Wildman–Crippen LogP) is 1.98. The van der Waals surface area contributed by atoms with Crippen molar-refractivity contribution in [1.29, 1.82) is 0 Å². The Hall–Kier alpha value is -2.97. The van der Waals surface area contributed by atoms with Gasteiger partial charge in [-0.15, -0.1) is 0 Å². The molecule has 4 rings (SSSR count). The van der Waals surface area contributed by atoms with Crippen molar-refractivity contribution >= 4 is 17.5 Å². The van der Waals surface area contributed by atoms with Crippen LogP contribution in [0, 0.1) is 6.92 Å². The molecule has 1 fully saturated rings. The molecule has 1 saturated heterocycles. The molecule has 2 aliphatic heterocycles. The average Bonchev–Trinajstić information content (AvgIpc) is 2.87. The van der Waals surface area contributed by atoms with Crippen LogP contribution in [0.15, 0.2) is 36.5 Å². The van der Waals surface area contributed by atoms with Gasteiger partial charge in [-0.2, -0.15) is 0 Å². The second-order valence-electron chi connectivity index (χ2n) is 7.44. The number of aryl methyl sites for hydroxylation is 1. The highest BCUT2D eigenvalue weighted by Gasteiger charge is 2.29. The molecular weight excluding hydrogens is 384 g/mol. The third kappa shape index (κ3) is 4.60. The molecule has 8 heteroatoms. The number of rotatable bonds is 6. The summed E-state index contributed by atoms with van der Waals surface area (Å²) in [4.78, 5) is 33.7. The van der Waals surface area contributed by atoms with Gasteiger partial charge < -0.3 is 19.7 Å². The molecule has 0 saturated carbocycles. The van der Waals surface area contributed by atoms with E-state index in [1.165, 1.54) is 0 Å². The number of pyridine rings is 1. The minimum Gasteiger partial charge on any atom is -0.436 e. The van der Waals surface area contributed by atoms with Gasteiger partial charge in [0.2, 0.25) is 11.8 Å². The quantitative estimate of drug-likeness (QED) is 0.784. The number of morpholine rings is 1. The molecule has 3 heterocycles. The van der Waals surface area contributed by atoms with Crippen molar-refractivity contribution in [3.8, 4) is 11.6 Å². The number of nitrogens with zero attached hydrogens (tertiary/aromatic N) is 3. The molecule has 2 aliphatic rings. The summed E-state index contributed by atoms with van der Waals surface area (Å²) >= 11 is 0. The van der Waals surface area contributed by atoms with E-state index in [9.17, 15) is 9.59 Å². The maximum atomic E-state index is 13.2. The van der Waals surface area contributed by atoms with Crippen LogP contribution in [-0.4, -0.2) is 67.6 Å². The van der Waals surface area contributed by atoms with Crippen LogP contribution < -0.4 is 15.0 Å². The summed E-state index contributed by atoms with van der Waals surface area (Å²) in [5, 5.41) is 2.95. The number of fused-ring (bicyclic) bond motifs is 2. The number of aromatic nitrogens is 1. The van der Waals surface area contributed by atoms with E-state index >= 15 is 0 Å². The summed E-state index contributed by atoms with van der Waals surface area (Å²) in [5.74, 6) is 0.537. The summed E-state index contributed by atoms with van der Waals surface area (Å²) in [6.07, 6.45) is 1.80. The lowest BCUT2D eigenvalue weighted by Crippen LogP contribution is -2.42. The molecular formula is C22H26N4O4. The Morgan fingerprint density at radius 3 is 2.87 bits per heavy atom. The topological polar surface area (TPSA) is 84.0 Å². The molecule has 0 radical (unpaired) electrons. The maximum absolute atomic E-state index is 13.2. The lowest BCUT2D eigenvalue weighted by molar-refractivity contribution is -0.120. The Balaban J connectivity index is 1.42. The molecule has 0 aliphatic carbocycles. The van der Waals surface area contributed by atoms with E-state index in [1.54, 1.807) is 23.2 Å². The highest BCUT2D eigenvalue weighted by Crippen LogP contribution is 2.38. The van der Waals surface area contributed by atoms with E-state index in [1.807, 2.05) is 25.1 Å². The van der Waals surface area contributed by atoms with E-state index in [-0.39, 0.29) is 30.7 Å². The van der Waals surface area contributed by atoms with Crippen LogP contribution in [0.3, 0.4) is 0 Å². The van der Waals surface area contributed by atoms with Gasteiger partial charge in [0.1, 0.15) is 5.56 Å². The first-order valence-corrected chi connectivity index (χ1v) is 10.2. The Morgan fingerprint density at radius 1 is 1.20 bits per heavy atom. The molecule has 0 bridgehead atoms. The van der Waals surface area contributed by atoms with E-state index in [2.05, 4.69) is 15.2 Å². The van der Waals surface area contributed by atoms with Crippen LogP contribution in [0.1, 0.15) is 22.3 Å². The van der Waals surface area contributed by atoms with Crippen molar-refractivity contribution < 1.29 is 19.1 Å². The van der Waals surface area contributed by atoms with Gasteiger partial charge in [0.15, 0.2) is 5.75 Å². The highest BCUT2D eigenvalue weighted by molar-refractivity contribution is 6.09. The van der Waals surface area contributed by atoms with Gasteiger partial charge in [0, 0.05) is 45.3 Å². The number of carbonyl (C=O) groups is 2. The fourth-order valence-electron chi connectivity index (χ4n) is 3.62. The van der Waals surface area contributed by atoms with Gasteiger partial charge in [-0.05, 0) is 36.8 Å². The number of carbonyl (C=O) groups excluding carboxylic acids is 2. The number of hydrogen-bond acceptors (Lipinski definition) is 6. The average molecular weight is 410 g/mol. The predicted molar refractivity (Wildman–Crippen MR) is 112 cm³/mol. The van der Waals surface area contributed by atoms with E-state index in [0.29, 0.717) is 23.5 Å². The number of ether oxygens (including phenoxy) is 2. The van der Waals surface area contributed by atoms with Gasteiger partial charge in [0.05, 0.1) is 18.9 Å². The molecule has 30 heavy (non-hydrogen) atoms. The lowest BCUT2D eigenvalue weighted by atomic mass is 10.1. The summed E-state index contributed by atoms with van der Waals surface area (Å²) < 4.78 is 11.2. The van der Waals surface area contributed by atoms with E-state index in [0.717, 1.165) is 38.4 Å². The second-order valence-corrected chi connectivity index (χ2v) is 7.44. The van der Waals surface area contributed by atoms with Gasteiger partial charge in [-0.25, -0.2) is 4.98 Å². The summed E-state index contributed by atoms with van der Waals surface area (Å²) in [6.45, 7) is 6.85. The molecule has 158 valence electrons. The monoisotopic (exact) mass is 410 g/mol.